The zero-order valence-corrected chi connectivity index (χ0v) is 16.7. The number of benzene rings is 1. The Kier molecular flexibility index (Phi) is 6.45. The summed E-state index contributed by atoms with van der Waals surface area (Å²) in [4.78, 5) is 26.5. The molecule has 1 aromatic carbocycles. The molecule has 7 nitrogen and oxygen atoms in total. The zero-order chi connectivity index (χ0) is 20.1. The molecule has 9 heteroatoms. The van der Waals surface area contributed by atoms with E-state index in [0.29, 0.717) is 10.7 Å². The van der Waals surface area contributed by atoms with Gasteiger partial charge in [-0.05, 0) is 12.5 Å². The van der Waals surface area contributed by atoms with Crippen molar-refractivity contribution < 1.29 is 9.18 Å². The molecule has 2 heterocycles. The Morgan fingerprint density at radius 1 is 1.25 bits per heavy atom. The summed E-state index contributed by atoms with van der Waals surface area (Å²) in [7, 11) is 1.78. The van der Waals surface area contributed by atoms with Gasteiger partial charge in [-0.2, -0.15) is 0 Å². The maximum Gasteiger partial charge on any atom is 0.296 e. The average molecular weight is 403 g/mol. The first-order valence-corrected chi connectivity index (χ1v) is 10.0. The minimum absolute atomic E-state index is 0.00287. The Bertz CT molecular complexity index is 1030. The Hall–Kier alpha value is -2.68. The lowest BCUT2D eigenvalue weighted by atomic mass is 10.2. The fourth-order valence-corrected chi connectivity index (χ4v) is 3.55. The number of hydrogen-bond acceptors (Lipinski definition) is 5. The quantitative estimate of drug-likeness (QED) is 0.540. The number of rotatable bonds is 8. The standard InChI is InChI=1S/C19H22FN5O2S/c1-3-4-9-23(2)16(26)13-28-19-22-21-17-18(27)24(10-11-25(17)19)12-14-7-5-6-8-15(14)20/h5-8,10-11H,3-4,9,12-13H2,1-2H3. The highest BCUT2D eigenvalue weighted by Crippen LogP contribution is 2.16. The molecule has 0 atom stereocenters. The monoisotopic (exact) mass is 403 g/mol. The lowest BCUT2D eigenvalue weighted by molar-refractivity contribution is -0.127. The van der Waals surface area contributed by atoms with Crippen molar-refractivity contribution in [3.8, 4) is 0 Å². The minimum atomic E-state index is -0.364. The van der Waals surface area contributed by atoms with E-state index in [2.05, 4.69) is 17.1 Å². The van der Waals surface area contributed by atoms with Crippen molar-refractivity contribution >= 4 is 23.3 Å². The van der Waals surface area contributed by atoms with E-state index in [1.807, 2.05) is 0 Å². The Labute approximate surface area is 166 Å². The highest BCUT2D eigenvalue weighted by molar-refractivity contribution is 7.99. The summed E-state index contributed by atoms with van der Waals surface area (Å²) in [5.41, 5.74) is 0.202. The first-order valence-electron chi connectivity index (χ1n) is 9.05. The summed E-state index contributed by atoms with van der Waals surface area (Å²) in [5, 5.41) is 8.46. The third-order valence-corrected chi connectivity index (χ3v) is 5.34. The van der Waals surface area contributed by atoms with E-state index < -0.39 is 0 Å². The number of amides is 1. The van der Waals surface area contributed by atoms with Crippen molar-refractivity contribution in [3.05, 3.63) is 58.4 Å². The molecule has 0 aliphatic carbocycles. The van der Waals surface area contributed by atoms with Gasteiger partial charge in [0.15, 0.2) is 5.16 Å². The van der Waals surface area contributed by atoms with Gasteiger partial charge in [0.05, 0.1) is 12.3 Å². The highest BCUT2D eigenvalue weighted by atomic mass is 32.2. The van der Waals surface area contributed by atoms with E-state index in [1.54, 1.807) is 46.9 Å². The summed E-state index contributed by atoms with van der Waals surface area (Å²) in [6, 6.07) is 6.33. The van der Waals surface area contributed by atoms with Crippen LogP contribution in [-0.4, -0.2) is 49.3 Å². The first-order chi connectivity index (χ1) is 13.5. The van der Waals surface area contributed by atoms with Crippen molar-refractivity contribution in [1.82, 2.24) is 24.1 Å². The van der Waals surface area contributed by atoms with Gasteiger partial charge >= 0.3 is 0 Å². The summed E-state index contributed by atoms with van der Waals surface area (Å²) in [5.74, 6) is -0.139. The van der Waals surface area contributed by atoms with Crippen molar-refractivity contribution in [3.63, 3.8) is 0 Å². The van der Waals surface area contributed by atoms with Gasteiger partial charge < -0.3 is 9.47 Å². The van der Waals surface area contributed by atoms with Crippen LogP contribution in [0.1, 0.15) is 25.3 Å². The number of hydrogen-bond donors (Lipinski definition) is 0. The van der Waals surface area contributed by atoms with E-state index in [0.717, 1.165) is 19.4 Å². The molecule has 1 amide bonds. The first kappa shape index (κ1) is 20.1. The predicted molar refractivity (Wildman–Crippen MR) is 106 cm³/mol. The maximum atomic E-state index is 13.9. The topological polar surface area (TPSA) is 72.5 Å². The lowest BCUT2D eigenvalue weighted by Crippen LogP contribution is -2.29. The summed E-state index contributed by atoms with van der Waals surface area (Å²) < 4.78 is 16.8. The maximum absolute atomic E-state index is 13.9. The van der Waals surface area contributed by atoms with Gasteiger partial charge in [-0.3, -0.25) is 14.0 Å². The van der Waals surface area contributed by atoms with Crippen LogP contribution in [-0.2, 0) is 11.3 Å². The number of fused-ring (bicyclic) bond motifs is 1. The number of thioether (sulfide) groups is 1. The number of carbonyl (C=O) groups is 1. The van der Waals surface area contributed by atoms with Crippen LogP contribution >= 0.6 is 11.8 Å². The number of carbonyl (C=O) groups excluding carboxylic acids is 1. The Morgan fingerprint density at radius 2 is 2.04 bits per heavy atom. The van der Waals surface area contributed by atoms with Crippen LogP contribution < -0.4 is 5.56 Å². The molecule has 0 saturated carbocycles. The van der Waals surface area contributed by atoms with E-state index in [9.17, 15) is 14.0 Å². The van der Waals surface area contributed by atoms with Gasteiger partial charge in [0.25, 0.3) is 5.56 Å². The van der Waals surface area contributed by atoms with Crippen molar-refractivity contribution in [2.45, 2.75) is 31.5 Å². The second-order valence-corrected chi connectivity index (χ2v) is 7.40. The van der Waals surface area contributed by atoms with Gasteiger partial charge in [0.1, 0.15) is 5.82 Å². The van der Waals surface area contributed by atoms with E-state index >= 15 is 0 Å². The molecule has 0 unspecified atom stereocenters. The van der Waals surface area contributed by atoms with Gasteiger partial charge in [0.2, 0.25) is 11.6 Å². The molecule has 0 spiro atoms. The molecule has 0 saturated heterocycles. The molecule has 3 rings (SSSR count). The number of aromatic nitrogens is 4. The molecule has 3 aromatic rings. The average Bonchev–Trinajstić information content (AvgIpc) is 3.11. The van der Waals surface area contributed by atoms with Crippen LogP contribution in [0.15, 0.2) is 46.6 Å². The normalized spacial score (nSPS) is 11.1. The molecule has 0 fully saturated rings. The second kappa shape index (κ2) is 9.01. The molecule has 2 aromatic heterocycles. The second-order valence-electron chi connectivity index (χ2n) is 6.46. The fourth-order valence-electron chi connectivity index (χ4n) is 2.69. The zero-order valence-electron chi connectivity index (χ0n) is 15.8. The minimum Gasteiger partial charge on any atom is -0.345 e. The molecule has 0 N–H and O–H groups in total. The lowest BCUT2D eigenvalue weighted by Gasteiger charge is -2.15. The molecule has 0 radical (unpaired) electrons. The van der Waals surface area contributed by atoms with Gasteiger partial charge in [-0.1, -0.05) is 43.3 Å². The van der Waals surface area contributed by atoms with Crippen LogP contribution in [0.2, 0.25) is 0 Å². The molecule has 28 heavy (non-hydrogen) atoms. The van der Waals surface area contributed by atoms with E-state index in [4.69, 9.17) is 0 Å². The van der Waals surface area contributed by atoms with Crippen molar-refractivity contribution in [1.29, 1.82) is 0 Å². The largest absolute Gasteiger partial charge is 0.345 e. The van der Waals surface area contributed by atoms with E-state index in [-0.39, 0.29) is 35.2 Å². The number of unbranched alkanes of at least 4 members (excludes halogenated alkanes) is 1. The third kappa shape index (κ3) is 4.41. The van der Waals surface area contributed by atoms with Gasteiger partial charge in [0, 0.05) is 31.5 Å². The summed E-state index contributed by atoms with van der Waals surface area (Å²) >= 11 is 1.24. The van der Waals surface area contributed by atoms with Gasteiger partial charge in [-0.25, -0.2) is 4.39 Å². The van der Waals surface area contributed by atoms with Crippen molar-refractivity contribution in [2.24, 2.45) is 0 Å². The Balaban J connectivity index is 1.75. The molecular weight excluding hydrogens is 381 g/mol. The predicted octanol–water partition coefficient (Wildman–Crippen LogP) is 2.43. The highest BCUT2D eigenvalue weighted by Gasteiger charge is 2.15. The number of halogens is 1. The van der Waals surface area contributed by atoms with Crippen LogP contribution in [0.4, 0.5) is 4.39 Å². The van der Waals surface area contributed by atoms with Crippen LogP contribution in [0.25, 0.3) is 5.65 Å². The molecule has 0 bridgehead atoms. The van der Waals surface area contributed by atoms with Crippen LogP contribution in [0.5, 0.6) is 0 Å². The fraction of sp³-hybridized carbons (Fsp3) is 0.368. The van der Waals surface area contributed by atoms with Crippen molar-refractivity contribution in [2.75, 3.05) is 19.3 Å². The summed E-state index contributed by atoms with van der Waals surface area (Å²) in [6.07, 6.45) is 5.22. The SMILES string of the molecule is CCCCN(C)C(=O)CSc1nnc2c(=O)n(Cc3ccccc3F)ccn12. The third-order valence-electron chi connectivity index (χ3n) is 4.41. The van der Waals surface area contributed by atoms with Gasteiger partial charge in [-0.15, -0.1) is 10.2 Å². The van der Waals surface area contributed by atoms with Crippen LogP contribution in [0.3, 0.4) is 0 Å². The number of nitrogens with zero attached hydrogens (tertiary/aromatic N) is 5. The molecule has 148 valence electrons. The van der Waals surface area contributed by atoms with Crippen LogP contribution in [0, 0.1) is 5.82 Å². The van der Waals surface area contributed by atoms with E-state index in [1.165, 1.54) is 22.4 Å². The molecular formula is C19H22FN5O2S. The summed E-state index contributed by atoms with van der Waals surface area (Å²) in [6.45, 7) is 2.91. The smallest absolute Gasteiger partial charge is 0.296 e. The molecule has 0 aliphatic rings. The molecule has 0 aliphatic heterocycles. The Morgan fingerprint density at radius 3 is 2.79 bits per heavy atom.